The fourth-order valence-electron chi connectivity index (χ4n) is 4.59. The Labute approximate surface area is 252 Å². The summed E-state index contributed by atoms with van der Waals surface area (Å²) in [6, 6.07) is 18.6. The summed E-state index contributed by atoms with van der Waals surface area (Å²) in [7, 11) is -2.32. The van der Waals surface area contributed by atoms with E-state index in [9.17, 15) is 26.8 Å². The molecule has 0 saturated carbocycles. The molecule has 0 radical (unpaired) electrons. The summed E-state index contributed by atoms with van der Waals surface area (Å²) < 4.78 is 58.7. The van der Waals surface area contributed by atoms with Gasteiger partial charge in [0.25, 0.3) is 0 Å². The highest BCUT2D eigenvalue weighted by Crippen LogP contribution is 2.23. The number of methoxy groups -OCH3 is 1. The van der Waals surface area contributed by atoms with Crippen LogP contribution in [-0.2, 0) is 32.6 Å². The average Bonchev–Trinajstić information content (AvgIpc) is 2.97. The molecule has 0 fully saturated rings. The third-order valence-corrected chi connectivity index (χ3v) is 7.98. The van der Waals surface area contributed by atoms with Crippen molar-refractivity contribution in [3.63, 3.8) is 0 Å². The number of amides is 2. The number of hydrogen-bond donors (Lipinski definition) is 1. The van der Waals surface area contributed by atoms with Crippen LogP contribution >= 0.6 is 0 Å². The molecule has 0 spiro atoms. The van der Waals surface area contributed by atoms with Crippen molar-refractivity contribution in [2.24, 2.45) is 5.92 Å². The van der Waals surface area contributed by atoms with Crippen molar-refractivity contribution < 1.29 is 31.5 Å². The highest BCUT2D eigenvalue weighted by atomic mass is 32.2. The first-order valence-electron chi connectivity index (χ1n) is 14.1. The smallest absolute Gasteiger partial charge is 0.243 e. The van der Waals surface area contributed by atoms with Gasteiger partial charge in [-0.2, -0.15) is 0 Å². The molecule has 0 unspecified atom stereocenters. The highest BCUT2D eigenvalue weighted by Gasteiger charge is 2.31. The molecule has 0 heterocycles. The van der Waals surface area contributed by atoms with Gasteiger partial charge in [0.2, 0.25) is 21.8 Å². The Balaban J connectivity index is 1.90. The van der Waals surface area contributed by atoms with Crippen molar-refractivity contribution in [1.82, 2.24) is 10.2 Å². The molecule has 0 saturated heterocycles. The molecule has 43 heavy (non-hydrogen) atoms. The van der Waals surface area contributed by atoms with Crippen LogP contribution in [-0.4, -0.2) is 57.6 Å². The number of sulfonamides is 1. The fraction of sp³-hybridized carbons (Fsp3) is 0.375. The Kier molecular flexibility index (Phi) is 12.1. The van der Waals surface area contributed by atoms with Crippen molar-refractivity contribution in [3.8, 4) is 5.75 Å². The van der Waals surface area contributed by atoms with Crippen LogP contribution in [0.15, 0.2) is 72.8 Å². The van der Waals surface area contributed by atoms with Gasteiger partial charge in [0.05, 0.1) is 19.1 Å². The van der Waals surface area contributed by atoms with Gasteiger partial charge in [0, 0.05) is 38.5 Å². The van der Waals surface area contributed by atoms with Gasteiger partial charge in [0.15, 0.2) is 11.6 Å². The Morgan fingerprint density at radius 2 is 1.63 bits per heavy atom. The van der Waals surface area contributed by atoms with Crippen molar-refractivity contribution >= 4 is 27.5 Å². The van der Waals surface area contributed by atoms with Crippen molar-refractivity contribution in [2.75, 3.05) is 30.8 Å². The maximum Gasteiger partial charge on any atom is 0.243 e. The first kappa shape index (κ1) is 33.5. The van der Waals surface area contributed by atoms with Crippen molar-refractivity contribution in [2.45, 2.75) is 45.7 Å². The van der Waals surface area contributed by atoms with E-state index in [-0.39, 0.29) is 55.8 Å². The first-order chi connectivity index (χ1) is 20.4. The van der Waals surface area contributed by atoms with Gasteiger partial charge < -0.3 is 15.0 Å². The summed E-state index contributed by atoms with van der Waals surface area (Å²) in [5, 5.41) is 2.96. The quantitative estimate of drug-likeness (QED) is 0.262. The lowest BCUT2D eigenvalue weighted by atomic mass is 10.0. The number of carbonyl (C=O) groups is 2. The van der Waals surface area contributed by atoms with Crippen LogP contribution < -0.4 is 14.4 Å². The van der Waals surface area contributed by atoms with Crippen molar-refractivity contribution in [1.29, 1.82) is 0 Å². The minimum atomic E-state index is -3.87. The van der Waals surface area contributed by atoms with Crippen LogP contribution in [0, 0.1) is 17.6 Å². The Morgan fingerprint density at radius 1 is 0.930 bits per heavy atom. The van der Waals surface area contributed by atoms with E-state index < -0.39 is 27.7 Å². The predicted octanol–water partition coefficient (Wildman–Crippen LogP) is 4.93. The zero-order valence-corrected chi connectivity index (χ0v) is 25.7. The molecular weight excluding hydrogens is 576 g/mol. The van der Waals surface area contributed by atoms with Gasteiger partial charge in [-0.25, -0.2) is 17.2 Å². The normalized spacial score (nSPS) is 12.1. The second kappa shape index (κ2) is 15.5. The first-order valence-corrected chi connectivity index (χ1v) is 15.9. The molecule has 0 aliphatic rings. The number of nitrogens with zero attached hydrogens (tertiary/aromatic N) is 2. The predicted molar refractivity (Wildman–Crippen MR) is 163 cm³/mol. The SMILES string of the molecule is COc1cccc(CN(C(=O)CCCN(c2ccc(F)c(F)c2)S(C)(=O)=O)[C@@H](Cc2ccccc2)C(=O)NCC(C)C)c1. The second-order valence-electron chi connectivity index (χ2n) is 10.8. The molecule has 2 amide bonds. The van der Waals surface area contributed by atoms with E-state index in [2.05, 4.69) is 5.32 Å². The number of halogens is 2. The lowest BCUT2D eigenvalue weighted by Crippen LogP contribution is -2.51. The van der Waals surface area contributed by atoms with E-state index in [0.717, 1.165) is 33.8 Å². The third-order valence-electron chi connectivity index (χ3n) is 6.79. The number of benzene rings is 3. The second-order valence-corrected chi connectivity index (χ2v) is 12.7. The maximum atomic E-state index is 13.9. The zero-order chi connectivity index (χ0) is 31.6. The topological polar surface area (TPSA) is 96.0 Å². The lowest BCUT2D eigenvalue weighted by molar-refractivity contribution is -0.141. The van der Waals surface area contributed by atoms with Gasteiger partial charge in [-0.15, -0.1) is 0 Å². The molecule has 3 aromatic carbocycles. The molecule has 0 aliphatic heterocycles. The Hall–Kier alpha value is -3.99. The molecule has 0 bridgehead atoms. The maximum absolute atomic E-state index is 13.9. The number of nitrogens with one attached hydrogen (secondary N) is 1. The standard InChI is InChI=1S/C32H39F2N3O5S/c1-23(2)21-35-32(39)30(19-24-10-6-5-7-11-24)36(22-25-12-8-13-27(18-25)42-3)31(38)14-9-17-37(43(4,40)41)26-15-16-28(33)29(34)20-26/h5-8,10-13,15-16,18,20,23,30H,9,14,17,19,21-22H2,1-4H3,(H,35,39)/t30-/m0/s1. The summed E-state index contributed by atoms with van der Waals surface area (Å²) >= 11 is 0. The lowest BCUT2D eigenvalue weighted by Gasteiger charge is -2.32. The molecule has 8 nitrogen and oxygen atoms in total. The number of anilines is 1. The van der Waals surface area contributed by atoms with Gasteiger partial charge in [0.1, 0.15) is 11.8 Å². The molecule has 1 atom stereocenters. The largest absolute Gasteiger partial charge is 0.497 e. The van der Waals surface area contributed by atoms with Crippen LogP contribution in [0.25, 0.3) is 0 Å². The van der Waals surface area contributed by atoms with Crippen LogP contribution in [0.2, 0.25) is 0 Å². The van der Waals surface area contributed by atoms with Gasteiger partial charge in [-0.05, 0) is 47.7 Å². The molecule has 0 aromatic heterocycles. The number of ether oxygens (including phenoxy) is 1. The van der Waals surface area contributed by atoms with E-state index in [1.54, 1.807) is 25.3 Å². The number of rotatable bonds is 15. The van der Waals surface area contributed by atoms with Crippen LogP contribution in [0.4, 0.5) is 14.5 Å². The summed E-state index contributed by atoms with van der Waals surface area (Å²) in [5.41, 5.74) is 1.58. The van der Waals surface area contributed by atoms with Crippen LogP contribution in [0.5, 0.6) is 5.75 Å². The van der Waals surface area contributed by atoms with Crippen LogP contribution in [0.3, 0.4) is 0 Å². The molecule has 11 heteroatoms. The van der Waals surface area contributed by atoms with E-state index in [1.165, 1.54) is 11.0 Å². The summed E-state index contributed by atoms with van der Waals surface area (Å²) in [5.74, 6) is -2.13. The molecule has 0 aliphatic carbocycles. The van der Waals surface area contributed by atoms with E-state index >= 15 is 0 Å². The average molecular weight is 616 g/mol. The van der Waals surface area contributed by atoms with Crippen LogP contribution in [0.1, 0.15) is 37.8 Å². The minimum absolute atomic E-state index is 0.0443. The number of carbonyl (C=O) groups excluding carboxylic acids is 2. The summed E-state index contributed by atoms with van der Waals surface area (Å²) in [6.07, 6.45) is 1.21. The van der Waals surface area contributed by atoms with Crippen molar-refractivity contribution in [3.05, 3.63) is 95.6 Å². The Morgan fingerprint density at radius 3 is 2.26 bits per heavy atom. The third kappa shape index (κ3) is 10.1. The molecule has 3 aromatic rings. The van der Waals surface area contributed by atoms with E-state index in [4.69, 9.17) is 4.74 Å². The van der Waals surface area contributed by atoms with E-state index in [1.807, 2.05) is 50.2 Å². The summed E-state index contributed by atoms with van der Waals surface area (Å²) in [6.45, 7) is 4.36. The fourth-order valence-corrected chi connectivity index (χ4v) is 5.55. The minimum Gasteiger partial charge on any atom is -0.497 e. The van der Waals surface area contributed by atoms with Gasteiger partial charge in [-0.3, -0.25) is 13.9 Å². The molecular formula is C32H39F2N3O5S. The molecule has 1 N–H and O–H groups in total. The summed E-state index contributed by atoms with van der Waals surface area (Å²) in [4.78, 5) is 29.0. The monoisotopic (exact) mass is 615 g/mol. The molecule has 232 valence electrons. The van der Waals surface area contributed by atoms with Gasteiger partial charge in [-0.1, -0.05) is 56.3 Å². The highest BCUT2D eigenvalue weighted by molar-refractivity contribution is 7.92. The Bertz CT molecular complexity index is 1490. The molecule has 3 rings (SSSR count). The van der Waals surface area contributed by atoms with Gasteiger partial charge >= 0.3 is 0 Å². The number of hydrogen-bond acceptors (Lipinski definition) is 5. The zero-order valence-electron chi connectivity index (χ0n) is 24.9. The van der Waals surface area contributed by atoms with E-state index in [0.29, 0.717) is 12.3 Å².